The molecule has 2 atom stereocenters. The smallest absolute Gasteiger partial charge is 0.191 e. The summed E-state index contributed by atoms with van der Waals surface area (Å²) < 4.78 is 5.92. The molecule has 2 aliphatic rings. The Kier molecular flexibility index (Phi) is 5.29. The zero-order chi connectivity index (χ0) is 12.8. The molecule has 0 spiro atoms. The first-order valence-electron chi connectivity index (χ1n) is 7.41. The third-order valence-electron chi connectivity index (χ3n) is 3.83. The van der Waals surface area contributed by atoms with Gasteiger partial charge < -0.3 is 15.4 Å². The monoisotopic (exact) mass is 253 g/mol. The predicted octanol–water partition coefficient (Wildman–Crippen LogP) is 1.77. The SMILES string of the molecule is CC(C)[C@H]1OCCC[C@@H]1CNC1=NCCCCN1. The number of hydrogen-bond acceptors (Lipinski definition) is 4. The second-order valence-electron chi connectivity index (χ2n) is 5.73. The second-order valence-corrected chi connectivity index (χ2v) is 5.73. The van der Waals surface area contributed by atoms with E-state index in [2.05, 4.69) is 29.5 Å². The van der Waals surface area contributed by atoms with E-state index in [4.69, 9.17) is 4.74 Å². The Hall–Kier alpha value is -0.770. The maximum absolute atomic E-state index is 5.92. The van der Waals surface area contributed by atoms with Gasteiger partial charge in [-0.15, -0.1) is 0 Å². The largest absolute Gasteiger partial charge is 0.378 e. The maximum Gasteiger partial charge on any atom is 0.191 e. The Labute approximate surface area is 111 Å². The Bertz CT molecular complexity index is 278. The summed E-state index contributed by atoms with van der Waals surface area (Å²) in [4.78, 5) is 4.53. The normalized spacial score (nSPS) is 29.4. The van der Waals surface area contributed by atoms with Crippen LogP contribution in [0.1, 0.15) is 39.5 Å². The van der Waals surface area contributed by atoms with Gasteiger partial charge in [0.15, 0.2) is 5.96 Å². The lowest BCUT2D eigenvalue weighted by molar-refractivity contribution is -0.0505. The van der Waals surface area contributed by atoms with E-state index in [0.29, 0.717) is 17.9 Å². The van der Waals surface area contributed by atoms with Gasteiger partial charge in [-0.25, -0.2) is 0 Å². The zero-order valence-corrected chi connectivity index (χ0v) is 11.7. The van der Waals surface area contributed by atoms with Crippen LogP contribution in [0.15, 0.2) is 4.99 Å². The molecule has 0 aliphatic carbocycles. The molecule has 0 saturated carbocycles. The molecular formula is C14H27N3O. The highest BCUT2D eigenvalue weighted by molar-refractivity contribution is 5.79. The van der Waals surface area contributed by atoms with Gasteiger partial charge in [-0.2, -0.15) is 0 Å². The highest BCUT2D eigenvalue weighted by atomic mass is 16.5. The van der Waals surface area contributed by atoms with Crippen molar-refractivity contribution >= 4 is 5.96 Å². The van der Waals surface area contributed by atoms with Crippen LogP contribution in [0.5, 0.6) is 0 Å². The molecule has 18 heavy (non-hydrogen) atoms. The number of ether oxygens (including phenoxy) is 1. The fourth-order valence-electron chi connectivity index (χ4n) is 2.86. The van der Waals surface area contributed by atoms with Crippen LogP contribution in [-0.4, -0.2) is 38.3 Å². The first-order chi connectivity index (χ1) is 8.77. The van der Waals surface area contributed by atoms with Gasteiger partial charge in [-0.05, 0) is 31.6 Å². The van der Waals surface area contributed by atoms with E-state index in [1.54, 1.807) is 0 Å². The lowest BCUT2D eigenvalue weighted by atomic mass is 9.87. The van der Waals surface area contributed by atoms with Gasteiger partial charge in [0.1, 0.15) is 0 Å². The molecule has 1 fully saturated rings. The van der Waals surface area contributed by atoms with Gasteiger partial charge in [0.2, 0.25) is 0 Å². The molecular weight excluding hydrogens is 226 g/mol. The minimum Gasteiger partial charge on any atom is -0.378 e. The molecule has 4 heteroatoms. The molecule has 0 aromatic carbocycles. The maximum atomic E-state index is 5.92. The van der Waals surface area contributed by atoms with Crippen molar-refractivity contribution in [1.82, 2.24) is 10.6 Å². The lowest BCUT2D eigenvalue weighted by Gasteiger charge is -2.34. The van der Waals surface area contributed by atoms with Crippen molar-refractivity contribution < 1.29 is 4.74 Å². The quantitative estimate of drug-likeness (QED) is 0.806. The van der Waals surface area contributed by atoms with E-state index in [1.807, 2.05) is 0 Å². The summed E-state index contributed by atoms with van der Waals surface area (Å²) in [5, 5.41) is 6.84. The molecule has 104 valence electrons. The Morgan fingerprint density at radius 2 is 2.28 bits per heavy atom. The molecule has 2 N–H and O–H groups in total. The number of aliphatic imine (C=N–C) groups is 1. The minimum absolute atomic E-state index is 0.401. The standard InChI is InChI=1S/C14H27N3O/c1-11(2)13-12(6-5-9-18-13)10-17-14-15-7-3-4-8-16-14/h11-13H,3-10H2,1-2H3,(H2,15,16,17)/t12-,13-/m1/s1. The second kappa shape index (κ2) is 6.98. The molecule has 0 bridgehead atoms. The summed E-state index contributed by atoms with van der Waals surface area (Å²) in [6.45, 7) is 8.41. The number of nitrogens with zero attached hydrogens (tertiary/aromatic N) is 1. The molecule has 1 saturated heterocycles. The lowest BCUT2D eigenvalue weighted by Crippen LogP contribution is -2.45. The highest BCUT2D eigenvalue weighted by Crippen LogP contribution is 2.25. The summed E-state index contributed by atoms with van der Waals surface area (Å²) >= 11 is 0. The molecule has 0 unspecified atom stereocenters. The van der Waals surface area contributed by atoms with Crippen molar-refractivity contribution in [3.8, 4) is 0 Å². The molecule has 2 rings (SSSR count). The summed E-state index contributed by atoms with van der Waals surface area (Å²) in [5.41, 5.74) is 0. The Morgan fingerprint density at radius 3 is 3.11 bits per heavy atom. The molecule has 0 aromatic heterocycles. The van der Waals surface area contributed by atoms with Gasteiger partial charge in [0.05, 0.1) is 6.10 Å². The van der Waals surface area contributed by atoms with Crippen molar-refractivity contribution in [2.75, 3.05) is 26.2 Å². The fourth-order valence-corrected chi connectivity index (χ4v) is 2.86. The van der Waals surface area contributed by atoms with Crippen LogP contribution >= 0.6 is 0 Å². The predicted molar refractivity (Wildman–Crippen MR) is 74.8 cm³/mol. The van der Waals surface area contributed by atoms with Gasteiger partial charge >= 0.3 is 0 Å². The van der Waals surface area contributed by atoms with Crippen LogP contribution in [0, 0.1) is 11.8 Å². The summed E-state index contributed by atoms with van der Waals surface area (Å²) in [6, 6.07) is 0. The topological polar surface area (TPSA) is 45.6 Å². The first kappa shape index (κ1) is 13.7. The summed E-state index contributed by atoms with van der Waals surface area (Å²) in [5.74, 6) is 2.20. The average Bonchev–Trinajstić information content (AvgIpc) is 2.65. The third-order valence-corrected chi connectivity index (χ3v) is 3.83. The van der Waals surface area contributed by atoms with Crippen LogP contribution in [0.3, 0.4) is 0 Å². The van der Waals surface area contributed by atoms with E-state index in [9.17, 15) is 0 Å². The number of nitrogens with one attached hydrogen (secondary N) is 2. The van der Waals surface area contributed by atoms with Crippen molar-refractivity contribution in [3.63, 3.8) is 0 Å². The van der Waals surface area contributed by atoms with E-state index in [1.165, 1.54) is 25.7 Å². The summed E-state index contributed by atoms with van der Waals surface area (Å²) in [6.07, 6.45) is 5.27. The van der Waals surface area contributed by atoms with E-state index in [0.717, 1.165) is 32.2 Å². The Balaban J connectivity index is 1.81. The van der Waals surface area contributed by atoms with E-state index < -0.39 is 0 Å². The number of rotatable bonds is 3. The number of guanidine groups is 1. The zero-order valence-electron chi connectivity index (χ0n) is 11.7. The van der Waals surface area contributed by atoms with Gasteiger partial charge in [-0.3, -0.25) is 4.99 Å². The van der Waals surface area contributed by atoms with Crippen molar-refractivity contribution in [1.29, 1.82) is 0 Å². The molecule has 2 heterocycles. The molecule has 4 nitrogen and oxygen atoms in total. The first-order valence-corrected chi connectivity index (χ1v) is 7.41. The molecule has 0 radical (unpaired) electrons. The Morgan fingerprint density at radius 1 is 1.39 bits per heavy atom. The van der Waals surface area contributed by atoms with Crippen LogP contribution in [0.2, 0.25) is 0 Å². The molecule has 2 aliphatic heterocycles. The fraction of sp³-hybridized carbons (Fsp3) is 0.929. The van der Waals surface area contributed by atoms with Crippen LogP contribution in [0.25, 0.3) is 0 Å². The van der Waals surface area contributed by atoms with E-state index in [-0.39, 0.29) is 0 Å². The summed E-state index contributed by atoms with van der Waals surface area (Å²) in [7, 11) is 0. The van der Waals surface area contributed by atoms with Crippen LogP contribution in [-0.2, 0) is 4.74 Å². The van der Waals surface area contributed by atoms with Gasteiger partial charge in [0.25, 0.3) is 0 Å². The van der Waals surface area contributed by atoms with Gasteiger partial charge in [-0.1, -0.05) is 13.8 Å². The van der Waals surface area contributed by atoms with Gasteiger partial charge in [0, 0.05) is 32.2 Å². The molecule has 0 amide bonds. The van der Waals surface area contributed by atoms with Crippen molar-refractivity contribution in [3.05, 3.63) is 0 Å². The molecule has 0 aromatic rings. The average molecular weight is 253 g/mol. The van der Waals surface area contributed by atoms with Crippen molar-refractivity contribution in [2.24, 2.45) is 16.8 Å². The minimum atomic E-state index is 0.401. The van der Waals surface area contributed by atoms with Crippen LogP contribution < -0.4 is 10.6 Å². The third kappa shape index (κ3) is 3.87. The number of hydrogen-bond donors (Lipinski definition) is 2. The van der Waals surface area contributed by atoms with Crippen LogP contribution in [0.4, 0.5) is 0 Å². The van der Waals surface area contributed by atoms with Crippen molar-refractivity contribution in [2.45, 2.75) is 45.6 Å². The van der Waals surface area contributed by atoms with E-state index >= 15 is 0 Å². The highest BCUT2D eigenvalue weighted by Gasteiger charge is 2.28.